The van der Waals surface area contributed by atoms with Crippen molar-refractivity contribution in [3.8, 4) is 0 Å². The molecule has 2 aliphatic rings. The van der Waals surface area contributed by atoms with Gasteiger partial charge in [-0.2, -0.15) is 0 Å². The van der Waals surface area contributed by atoms with Gasteiger partial charge in [0.05, 0.1) is 25.3 Å². The smallest absolute Gasteiger partial charge is 0.411 e. The molecule has 0 aromatic heterocycles. The van der Waals surface area contributed by atoms with Gasteiger partial charge in [-0.05, 0) is 32.8 Å². The van der Waals surface area contributed by atoms with Gasteiger partial charge >= 0.3 is 6.09 Å². The summed E-state index contributed by atoms with van der Waals surface area (Å²) in [6, 6.07) is 0.441. The number of rotatable bonds is 1. The first kappa shape index (κ1) is 17.8. The number of carbonyl (C=O) groups is 1. The molecule has 2 unspecified atom stereocenters. The summed E-state index contributed by atoms with van der Waals surface area (Å²) in [4.78, 5) is 14.0. The average Bonchev–Trinajstić information content (AvgIpc) is 2.43. The minimum Gasteiger partial charge on any atom is -0.444 e. The lowest BCUT2D eigenvalue weighted by Crippen LogP contribution is -2.57. The molecule has 2 bridgehead atoms. The van der Waals surface area contributed by atoms with Gasteiger partial charge < -0.3 is 9.47 Å². The van der Waals surface area contributed by atoms with Crippen molar-refractivity contribution in [3.63, 3.8) is 0 Å². The van der Waals surface area contributed by atoms with E-state index < -0.39 is 41.2 Å². The zero-order valence-corrected chi connectivity index (χ0v) is 14.3. The first-order valence-electron chi connectivity index (χ1n) is 8.10. The van der Waals surface area contributed by atoms with Crippen LogP contribution in [0.5, 0.6) is 0 Å². The highest BCUT2D eigenvalue weighted by atomic mass is 19.1. The Balaban J connectivity index is 1.93. The van der Waals surface area contributed by atoms with Crippen molar-refractivity contribution in [3.05, 3.63) is 41.2 Å². The molecule has 0 saturated carbocycles. The van der Waals surface area contributed by atoms with Gasteiger partial charge in [-0.25, -0.2) is 18.0 Å². The molecule has 1 amide bonds. The third-order valence-electron chi connectivity index (χ3n) is 4.13. The van der Waals surface area contributed by atoms with Crippen molar-refractivity contribution < 1.29 is 27.4 Å². The summed E-state index contributed by atoms with van der Waals surface area (Å²) in [5.74, 6) is -2.86. The van der Waals surface area contributed by atoms with Crippen molar-refractivity contribution in [2.24, 2.45) is 0 Å². The molecular weight excluding hydrogens is 335 g/mol. The lowest BCUT2D eigenvalue weighted by molar-refractivity contribution is -0.0511. The van der Waals surface area contributed by atoms with E-state index in [-0.39, 0.29) is 25.2 Å². The Kier molecular flexibility index (Phi) is 4.53. The van der Waals surface area contributed by atoms with E-state index in [9.17, 15) is 18.0 Å². The molecule has 1 aromatic carbocycles. The van der Waals surface area contributed by atoms with Crippen LogP contribution in [0.1, 0.15) is 32.8 Å². The molecule has 1 aromatic rings. The van der Waals surface area contributed by atoms with Gasteiger partial charge in [-0.1, -0.05) is 6.08 Å². The van der Waals surface area contributed by atoms with Crippen molar-refractivity contribution in [2.75, 3.05) is 13.2 Å². The highest BCUT2D eigenvalue weighted by molar-refractivity contribution is 5.75. The summed E-state index contributed by atoms with van der Waals surface area (Å²) in [6.07, 6.45) is 1.31. The predicted molar refractivity (Wildman–Crippen MR) is 85.4 cm³/mol. The molecule has 25 heavy (non-hydrogen) atoms. The Morgan fingerprint density at radius 1 is 1.20 bits per heavy atom. The van der Waals surface area contributed by atoms with Crippen LogP contribution in [-0.4, -0.2) is 41.9 Å². The van der Waals surface area contributed by atoms with Gasteiger partial charge in [-0.15, -0.1) is 0 Å². The maximum atomic E-state index is 14.1. The minimum atomic E-state index is -0.964. The fraction of sp³-hybridized carbons (Fsp3) is 0.500. The number of hydrogen-bond acceptors (Lipinski definition) is 3. The maximum Gasteiger partial charge on any atom is 0.411 e. The van der Waals surface area contributed by atoms with Crippen molar-refractivity contribution in [1.82, 2.24) is 4.90 Å². The zero-order chi connectivity index (χ0) is 18.4. The number of ether oxygens (including phenoxy) is 2. The van der Waals surface area contributed by atoms with Crippen LogP contribution >= 0.6 is 0 Å². The molecule has 1 saturated heterocycles. The van der Waals surface area contributed by atoms with Gasteiger partial charge in [0.15, 0.2) is 0 Å². The molecular formula is C18H20F3NO3. The Labute approximate surface area is 144 Å². The van der Waals surface area contributed by atoms with Crippen LogP contribution in [0.4, 0.5) is 18.0 Å². The Bertz CT molecular complexity index is 704. The topological polar surface area (TPSA) is 38.8 Å². The third-order valence-corrected chi connectivity index (χ3v) is 4.13. The van der Waals surface area contributed by atoms with Gasteiger partial charge in [0.2, 0.25) is 0 Å². The Hall–Kier alpha value is -2.02. The molecule has 2 atom stereocenters. The SMILES string of the molecule is CC(C)(C)OC(=O)N1C2C=C(c3c(F)cc(F)cc3F)CC1COC2. The number of carbonyl (C=O) groups excluding carboxylic acids is 1. The van der Waals surface area contributed by atoms with Crippen molar-refractivity contribution >= 4 is 11.7 Å². The summed E-state index contributed by atoms with van der Waals surface area (Å²) >= 11 is 0. The molecule has 7 heteroatoms. The number of fused-ring (bicyclic) bond motifs is 2. The molecule has 0 aliphatic carbocycles. The summed E-state index contributed by atoms with van der Waals surface area (Å²) in [5, 5.41) is 0. The van der Waals surface area contributed by atoms with Crippen LogP contribution in [0.15, 0.2) is 18.2 Å². The molecule has 2 heterocycles. The van der Waals surface area contributed by atoms with Gasteiger partial charge in [0.1, 0.15) is 23.1 Å². The summed E-state index contributed by atoms with van der Waals surface area (Å²) in [7, 11) is 0. The number of halogens is 3. The fourth-order valence-corrected chi connectivity index (χ4v) is 3.23. The van der Waals surface area contributed by atoms with Crippen LogP contribution in [0.3, 0.4) is 0 Å². The van der Waals surface area contributed by atoms with Crippen molar-refractivity contribution in [2.45, 2.75) is 44.9 Å². The fourth-order valence-electron chi connectivity index (χ4n) is 3.23. The second-order valence-electron chi connectivity index (χ2n) is 7.29. The van der Waals surface area contributed by atoms with Gasteiger partial charge in [0, 0.05) is 17.7 Å². The predicted octanol–water partition coefficient (Wildman–Crippen LogP) is 3.90. The van der Waals surface area contributed by atoms with E-state index in [0.717, 1.165) is 0 Å². The highest BCUT2D eigenvalue weighted by Crippen LogP contribution is 2.35. The first-order valence-corrected chi connectivity index (χ1v) is 8.10. The molecule has 1 fully saturated rings. The third kappa shape index (κ3) is 3.66. The first-order chi connectivity index (χ1) is 11.7. The van der Waals surface area contributed by atoms with Gasteiger partial charge in [-0.3, -0.25) is 4.90 Å². The van der Waals surface area contributed by atoms with Crippen LogP contribution < -0.4 is 0 Å². The molecule has 0 spiro atoms. The molecule has 2 aliphatic heterocycles. The standard InChI is InChI=1S/C18H20F3NO3/c1-18(2,3)25-17(23)22-12-4-10(5-13(22)9-24-8-12)16-14(20)6-11(19)7-15(16)21/h4,6-7,12-13H,5,8-9H2,1-3H3. The average molecular weight is 355 g/mol. The lowest BCUT2D eigenvalue weighted by Gasteiger charge is -2.44. The molecule has 4 nitrogen and oxygen atoms in total. The summed E-state index contributed by atoms with van der Waals surface area (Å²) < 4.78 is 52.2. The lowest BCUT2D eigenvalue weighted by atomic mass is 9.89. The van der Waals surface area contributed by atoms with Crippen LogP contribution in [0.25, 0.3) is 5.57 Å². The summed E-state index contributed by atoms with van der Waals surface area (Å²) in [5.41, 5.74) is -0.485. The second-order valence-corrected chi connectivity index (χ2v) is 7.29. The number of benzene rings is 1. The van der Waals surface area contributed by atoms with E-state index in [2.05, 4.69) is 0 Å². The number of hydrogen-bond donors (Lipinski definition) is 0. The molecule has 3 rings (SSSR count). The summed E-state index contributed by atoms with van der Waals surface area (Å²) in [6.45, 7) is 5.77. The number of morpholine rings is 1. The highest BCUT2D eigenvalue weighted by Gasteiger charge is 2.41. The van der Waals surface area contributed by atoms with E-state index in [4.69, 9.17) is 9.47 Å². The Morgan fingerprint density at radius 2 is 1.84 bits per heavy atom. The van der Waals surface area contributed by atoms with E-state index in [0.29, 0.717) is 17.7 Å². The van der Waals surface area contributed by atoms with Gasteiger partial charge in [0.25, 0.3) is 0 Å². The maximum absolute atomic E-state index is 14.1. The second kappa shape index (κ2) is 6.37. The number of nitrogens with zero attached hydrogens (tertiary/aromatic N) is 1. The van der Waals surface area contributed by atoms with E-state index >= 15 is 0 Å². The normalized spacial score (nSPS) is 23.3. The van der Waals surface area contributed by atoms with Crippen LogP contribution in [0.2, 0.25) is 0 Å². The van der Waals surface area contributed by atoms with Crippen molar-refractivity contribution in [1.29, 1.82) is 0 Å². The largest absolute Gasteiger partial charge is 0.444 e. The minimum absolute atomic E-state index is 0.204. The quantitative estimate of drug-likeness (QED) is 0.767. The number of amides is 1. The molecule has 0 N–H and O–H groups in total. The Morgan fingerprint density at radius 3 is 2.40 bits per heavy atom. The zero-order valence-electron chi connectivity index (χ0n) is 14.3. The van der Waals surface area contributed by atoms with Crippen LogP contribution in [-0.2, 0) is 9.47 Å². The monoisotopic (exact) mass is 355 g/mol. The van der Waals surface area contributed by atoms with E-state index in [1.165, 1.54) is 0 Å². The molecule has 0 radical (unpaired) electrons. The van der Waals surface area contributed by atoms with E-state index in [1.807, 2.05) is 0 Å². The molecule has 136 valence electrons. The van der Waals surface area contributed by atoms with E-state index in [1.54, 1.807) is 31.7 Å². The van der Waals surface area contributed by atoms with Crippen LogP contribution in [0, 0.1) is 17.5 Å².